The van der Waals surface area contributed by atoms with Gasteiger partial charge in [-0.3, -0.25) is 4.68 Å². The Morgan fingerprint density at radius 3 is 2.94 bits per heavy atom. The molecular weight excluding hydrogens is 228 g/mol. The van der Waals surface area contributed by atoms with Crippen molar-refractivity contribution in [1.29, 1.82) is 0 Å². The monoisotopic (exact) mass is 238 g/mol. The smallest absolute Gasteiger partial charge is 0.242 e. The molecule has 0 bridgehead atoms. The number of pyridine rings is 1. The lowest BCUT2D eigenvalue weighted by Gasteiger charge is -2.04. The Balaban J connectivity index is 2.20. The van der Waals surface area contributed by atoms with Gasteiger partial charge in [-0.1, -0.05) is 11.6 Å². The Labute approximate surface area is 97.8 Å². The molecule has 0 fully saturated rings. The lowest BCUT2D eigenvalue weighted by Crippen LogP contribution is -1.94. The van der Waals surface area contributed by atoms with E-state index in [-0.39, 0.29) is 0 Å². The minimum atomic E-state index is 0.333. The lowest BCUT2D eigenvalue weighted by atomic mass is 10.4. The number of rotatable bonds is 3. The number of aromatic nitrogens is 3. The number of nitrogen functional groups attached to an aromatic ring is 1. The Hall–Kier alpha value is -1.75. The third-order valence-electron chi connectivity index (χ3n) is 1.99. The molecule has 5 nitrogen and oxygen atoms in total. The molecular formula is C10H11ClN4O. The highest BCUT2D eigenvalue weighted by Gasteiger charge is 2.06. The van der Waals surface area contributed by atoms with Crippen LogP contribution in [0, 0.1) is 0 Å². The van der Waals surface area contributed by atoms with Crippen LogP contribution in [0.1, 0.15) is 6.92 Å². The number of anilines is 1. The summed E-state index contributed by atoms with van der Waals surface area (Å²) in [6, 6.07) is 1.59. The van der Waals surface area contributed by atoms with Crippen LogP contribution < -0.4 is 10.5 Å². The quantitative estimate of drug-likeness (QED) is 0.891. The fraction of sp³-hybridized carbons (Fsp3) is 0.200. The number of nitrogens with two attached hydrogens (primary N) is 1. The maximum absolute atomic E-state index is 5.73. The van der Waals surface area contributed by atoms with Crippen LogP contribution in [0.25, 0.3) is 0 Å². The molecule has 0 saturated carbocycles. The average molecular weight is 239 g/mol. The first-order valence-electron chi connectivity index (χ1n) is 4.80. The standard InChI is InChI=1S/C10H11ClN4O/c1-2-15-6-8(5-14-15)16-10-9(12)3-7(11)4-13-10/h3-6H,2,12H2,1H3. The Bertz CT molecular complexity index is 497. The molecule has 0 radical (unpaired) electrons. The van der Waals surface area contributed by atoms with Gasteiger partial charge in [-0.2, -0.15) is 5.10 Å². The van der Waals surface area contributed by atoms with Gasteiger partial charge >= 0.3 is 0 Å². The molecule has 0 aromatic carbocycles. The van der Waals surface area contributed by atoms with Gasteiger partial charge in [-0.05, 0) is 13.0 Å². The van der Waals surface area contributed by atoms with Crippen molar-refractivity contribution < 1.29 is 4.74 Å². The summed E-state index contributed by atoms with van der Waals surface area (Å²) in [6.07, 6.45) is 4.87. The number of nitrogens with zero attached hydrogens (tertiary/aromatic N) is 3. The summed E-state index contributed by atoms with van der Waals surface area (Å²) in [4.78, 5) is 3.99. The van der Waals surface area contributed by atoms with Gasteiger partial charge in [0.05, 0.1) is 23.1 Å². The van der Waals surface area contributed by atoms with Gasteiger partial charge in [0.15, 0.2) is 5.75 Å². The molecule has 0 saturated heterocycles. The molecule has 0 unspecified atom stereocenters. The van der Waals surface area contributed by atoms with Crippen molar-refractivity contribution in [3.63, 3.8) is 0 Å². The minimum Gasteiger partial charge on any atom is -0.434 e. The van der Waals surface area contributed by atoms with Crippen LogP contribution in [0.15, 0.2) is 24.7 Å². The molecule has 2 rings (SSSR count). The van der Waals surface area contributed by atoms with Crippen LogP contribution in [-0.2, 0) is 6.54 Å². The maximum atomic E-state index is 5.73. The third-order valence-corrected chi connectivity index (χ3v) is 2.20. The highest BCUT2D eigenvalue weighted by atomic mass is 35.5. The van der Waals surface area contributed by atoms with Crippen LogP contribution in [0.4, 0.5) is 5.69 Å². The third kappa shape index (κ3) is 2.25. The minimum absolute atomic E-state index is 0.333. The zero-order chi connectivity index (χ0) is 11.5. The van der Waals surface area contributed by atoms with Crippen molar-refractivity contribution in [2.75, 3.05) is 5.73 Å². The van der Waals surface area contributed by atoms with E-state index in [2.05, 4.69) is 10.1 Å². The Morgan fingerprint density at radius 2 is 2.31 bits per heavy atom. The fourth-order valence-electron chi connectivity index (χ4n) is 1.21. The number of aryl methyl sites for hydroxylation is 1. The molecule has 0 aliphatic carbocycles. The predicted molar refractivity (Wildman–Crippen MR) is 61.6 cm³/mol. The number of halogens is 1. The summed E-state index contributed by atoms with van der Waals surface area (Å²) in [5.74, 6) is 0.934. The second-order valence-electron chi connectivity index (χ2n) is 3.18. The first-order valence-corrected chi connectivity index (χ1v) is 5.18. The van der Waals surface area contributed by atoms with Gasteiger partial charge in [0, 0.05) is 12.7 Å². The van der Waals surface area contributed by atoms with Crippen LogP contribution in [0.2, 0.25) is 5.02 Å². The van der Waals surface area contributed by atoms with E-state index in [0.717, 1.165) is 6.54 Å². The van der Waals surface area contributed by atoms with Gasteiger partial charge in [-0.15, -0.1) is 0 Å². The lowest BCUT2D eigenvalue weighted by molar-refractivity contribution is 0.464. The van der Waals surface area contributed by atoms with Gasteiger partial charge in [0.1, 0.15) is 0 Å². The van der Waals surface area contributed by atoms with Crippen LogP contribution in [-0.4, -0.2) is 14.8 Å². The summed E-state index contributed by atoms with van der Waals surface area (Å²) < 4.78 is 7.22. The summed E-state index contributed by atoms with van der Waals surface area (Å²) in [7, 11) is 0. The maximum Gasteiger partial charge on any atom is 0.242 e. The topological polar surface area (TPSA) is 66.0 Å². The summed E-state index contributed by atoms with van der Waals surface area (Å²) in [5.41, 5.74) is 6.11. The summed E-state index contributed by atoms with van der Waals surface area (Å²) in [5, 5.41) is 4.56. The molecule has 0 amide bonds. The van der Waals surface area contributed by atoms with E-state index in [4.69, 9.17) is 22.1 Å². The Morgan fingerprint density at radius 1 is 1.50 bits per heavy atom. The zero-order valence-corrected chi connectivity index (χ0v) is 9.48. The summed E-state index contributed by atoms with van der Waals surface area (Å²) >= 11 is 5.73. The fourth-order valence-corrected chi connectivity index (χ4v) is 1.38. The molecule has 2 N–H and O–H groups in total. The van der Waals surface area contributed by atoms with Gasteiger partial charge in [-0.25, -0.2) is 4.98 Å². The van der Waals surface area contributed by atoms with Crippen LogP contribution >= 0.6 is 11.6 Å². The van der Waals surface area contributed by atoms with Crippen LogP contribution in [0.3, 0.4) is 0 Å². The molecule has 84 valence electrons. The molecule has 0 spiro atoms. The normalized spacial score (nSPS) is 10.4. The zero-order valence-electron chi connectivity index (χ0n) is 8.72. The molecule has 16 heavy (non-hydrogen) atoms. The first kappa shape index (κ1) is 10.8. The molecule has 2 aromatic heterocycles. The molecule has 2 aromatic rings. The van der Waals surface area contributed by atoms with Crippen molar-refractivity contribution in [2.45, 2.75) is 13.5 Å². The second kappa shape index (κ2) is 4.40. The summed E-state index contributed by atoms with van der Waals surface area (Å²) in [6.45, 7) is 2.78. The number of hydrogen-bond donors (Lipinski definition) is 1. The number of hydrogen-bond acceptors (Lipinski definition) is 4. The molecule has 2 heterocycles. The van der Waals surface area contributed by atoms with Crippen molar-refractivity contribution in [3.05, 3.63) is 29.7 Å². The molecule has 0 atom stereocenters. The molecule has 0 aliphatic heterocycles. The van der Waals surface area contributed by atoms with E-state index in [9.17, 15) is 0 Å². The molecule has 0 aliphatic rings. The van der Waals surface area contributed by atoms with Crippen molar-refractivity contribution in [2.24, 2.45) is 0 Å². The Kier molecular flexibility index (Phi) is 2.96. The van der Waals surface area contributed by atoms with Crippen molar-refractivity contribution in [1.82, 2.24) is 14.8 Å². The van der Waals surface area contributed by atoms with E-state index >= 15 is 0 Å². The average Bonchev–Trinajstić information content (AvgIpc) is 2.70. The predicted octanol–water partition coefficient (Wildman–Crippen LogP) is 2.33. The van der Waals surface area contributed by atoms with Crippen LogP contribution in [0.5, 0.6) is 11.6 Å². The van der Waals surface area contributed by atoms with E-state index in [1.165, 1.54) is 6.20 Å². The number of ether oxygens (including phenoxy) is 1. The van der Waals surface area contributed by atoms with E-state index in [1.807, 2.05) is 6.92 Å². The van der Waals surface area contributed by atoms with Gasteiger partial charge in [0.25, 0.3) is 0 Å². The SMILES string of the molecule is CCn1cc(Oc2ncc(Cl)cc2N)cn1. The van der Waals surface area contributed by atoms with Gasteiger partial charge in [0.2, 0.25) is 5.88 Å². The first-order chi connectivity index (χ1) is 7.69. The second-order valence-corrected chi connectivity index (χ2v) is 3.62. The van der Waals surface area contributed by atoms with E-state index < -0.39 is 0 Å². The largest absolute Gasteiger partial charge is 0.434 e. The van der Waals surface area contributed by atoms with Crippen molar-refractivity contribution in [3.8, 4) is 11.6 Å². The molecule has 6 heteroatoms. The van der Waals surface area contributed by atoms with Crippen molar-refractivity contribution >= 4 is 17.3 Å². The highest BCUT2D eigenvalue weighted by molar-refractivity contribution is 6.30. The highest BCUT2D eigenvalue weighted by Crippen LogP contribution is 2.26. The van der Waals surface area contributed by atoms with Gasteiger partial charge < -0.3 is 10.5 Å². The van der Waals surface area contributed by atoms with E-state index in [0.29, 0.717) is 22.3 Å². The van der Waals surface area contributed by atoms with E-state index in [1.54, 1.807) is 23.1 Å².